The van der Waals surface area contributed by atoms with E-state index in [2.05, 4.69) is 18.9 Å². The second kappa shape index (κ2) is 5.90. The summed E-state index contributed by atoms with van der Waals surface area (Å²) >= 11 is 5.89. The summed E-state index contributed by atoms with van der Waals surface area (Å²) in [6.07, 6.45) is 9.65. The molecule has 1 spiro atoms. The van der Waals surface area contributed by atoms with Crippen LogP contribution in [0.2, 0.25) is 0 Å². The lowest BCUT2D eigenvalue weighted by Gasteiger charge is -2.34. The second-order valence-corrected chi connectivity index (χ2v) is 6.27. The fraction of sp³-hybridized carbons (Fsp3) is 1.00. The van der Waals surface area contributed by atoms with Gasteiger partial charge in [-0.25, -0.2) is 0 Å². The fourth-order valence-electron chi connectivity index (χ4n) is 3.21. The number of alkyl halides is 1. The summed E-state index contributed by atoms with van der Waals surface area (Å²) < 4.78 is 6.37. The van der Waals surface area contributed by atoms with Gasteiger partial charge < -0.3 is 4.74 Å². The van der Waals surface area contributed by atoms with Gasteiger partial charge in [-0.15, -0.1) is 11.6 Å². The molecule has 1 saturated heterocycles. The Hall–Kier alpha value is 0.210. The Kier molecular flexibility index (Phi) is 4.73. The molecule has 2 atom stereocenters. The molecular formula is C14H26ClNO. The predicted molar refractivity (Wildman–Crippen MR) is 72.7 cm³/mol. The van der Waals surface area contributed by atoms with Gasteiger partial charge in [-0.1, -0.05) is 19.3 Å². The van der Waals surface area contributed by atoms with Crippen LogP contribution in [0.15, 0.2) is 0 Å². The van der Waals surface area contributed by atoms with Crippen molar-refractivity contribution in [2.45, 2.75) is 69.6 Å². The molecule has 0 aromatic heterocycles. The summed E-state index contributed by atoms with van der Waals surface area (Å²) in [6.45, 7) is 3.22. The number of likely N-dealkylation sites (N-methyl/N-ethyl adjacent to an activating group) is 1. The first-order chi connectivity index (χ1) is 8.15. The maximum atomic E-state index is 6.37. The normalized spacial score (nSPS) is 30.0. The van der Waals surface area contributed by atoms with Gasteiger partial charge in [0.1, 0.15) is 0 Å². The fourth-order valence-corrected chi connectivity index (χ4v) is 3.44. The highest BCUT2D eigenvalue weighted by molar-refractivity contribution is 6.18. The average molecular weight is 260 g/mol. The van der Waals surface area contributed by atoms with Gasteiger partial charge >= 0.3 is 0 Å². The minimum absolute atomic E-state index is 0.258. The number of hydrogen-bond donors (Lipinski definition) is 0. The molecule has 2 rings (SSSR count). The van der Waals surface area contributed by atoms with Crippen molar-refractivity contribution in [3.05, 3.63) is 0 Å². The summed E-state index contributed by atoms with van der Waals surface area (Å²) in [4.78, 5) is 2.33. The third-order valence-electron chi connectivity index (χ3n) is 4.57. The second-order valence-electron chi connectivity index (χ2n) is 5.97. The molecule has 1 heterocycles. The van der Waals surface area contributed by atoms with Crippen molar-refractivity contribution in [3.8, 4) is 0 Å². The molecule has 0 radical (unpaired) electrons. The lowest BCUT2D eigenvalue weighted by molar-refractivity contribution is -0.0717. The van der Waals surface area contributed by atoms with Crippen molar-refractivity contribution in [2.24, 2.45) is 0 Å². The Morgan fingerprint density at radius 1 is 1.29 bits per heavy atom. The maximum absolute atomic E-state index is 6.37. The number of rotatable bonds is 4. The van der Waals surface area contributed by atoms with Gasteiger partial charge in [0.15, 0.2) is 0 Å². The van der Waals surface area contributed by atoms with Crippen molar-refractivity contribution < 1.29 is 4.74 Å². The van der Waals surface area contributed by atoms with Crippen LogP contribution in [0.4, 0.5) is 0 Å². The molecule has 2 unspecified atom stereocenters. The summed E-state index contributed by atoms with van der Waals surface area (Å²) in [5, 5.41) is 0. The van der Waals surface area contributed by atoms with E-state index >= 15 is 0 Å². The topological polar surface area (TPSA) is 12.5 Å². The summed E-state index contributed by atoms with van der Waals surface area (Å²) in [6, 6.07) is 0.447. The first-order valence-corrected chi connectivity index (χ1v) is 7.63. The van der Waals surface area contributed by atoms with Crippen LogP contribution in [-0.4, -0.2) is 42.1 Å². The van der Waals surface area contributed by atoms with Crippen LogP contribution in [0.3, 0.4) is 0 Å². The zero-order valence-corrected chi connectivity index (χ0v) is 12.0. The molecular weight excluding hydrogens is 234 g/mol. The molecule has 0 bridgehead atoms. The molecule has 3 heteroatoms. The van der Waals surface area contributed by atoms with Gasteiger partial charge in [0.2, 0.25) is 0 Å². The first kappa shape index (κ1) is 13.6. The van der Waals surface area contributed by atoms with E-state index in [1.165, 1.54) is 44.9 Å². The van der Waals surface area contributed by atoms with Crippen LogP contribution in [0, 0.1) is 0 Å². The molecule has 1 aliphatic carbocycles. The van der Waals surface area contributed by atoms with Crippen molar-refractivity contribution in [2.75, 3.05) is 19.5 Å². The lowest BCUT2D eigenvalue weighted by Crippen LogP contribution is -2.39. The standard InChI is InChI=1S/C14H26ClNO/c1-12(10-15)16(2)11-13-6-9-14(17-13)7-4-3-5-8-14/h12-13H,3-11H2,1-2H3. The van der Waals surface area contributed by atoms with Crippen molar-refractivity contribution in [1.29, 1.82) is 0 Å². The minimum atomic E-state index is 0.258. The van der Waals surface area contributed by atoms with Gasteiger partial charge in [0.05, 0.1) is 11.7 Å². The largest absolute Gasteiger partial charge is 0.370 e. The molecule has 0 aromatic rings. The van der Waals surface area contributed by atoms with Gasteiger partial charge in [-0.3, -0.25) is 4.90 Å². The number of halogens is 1. The number of nitrogens with zero attached hydrogens (tertiary/aromatic N) is 1. The van der Waals surface area contributed by atoms with E-state index in [-0.39, 0.29) is 5.60 Å². The van der Waals surface area contributed by atoms with E-state index in [0.29, 0.717) is 18.0 Å². The molecule has 2 aliphatic rings. The Bertz CT molecular complexity index is 240. The molecule has 2 fully saturated rings. The zero-order valence-electron chi connectivity index (χ0n) is 11.3. The van der Waals surface area contributed by atoms with Gasteiger partial charge in [-0.05, 0) is 39.7 Å². The molecule has 1 aliphatic heterocycles. The van der Waals surface area contributed by atoms with Crippen molar-refractivity contribution >= 4 is 11.6 Å². The predicted octanol–water partition coefficient (Wildman–Crippen LogP) is 3.43. The van der Waals surface area contributed by atoms with E-state index in [0.717, 1.165) is 6.54 Å². The highest BCUT2D eigenvalue weighted by atomic mass is 35.5. The molecule has 1 saturated carbocycles. The Labute approximate surface area is 111 Å². The first-order valence-electron chi connectivity index (χ1n) is 7.09. The average Bonchev–Trinajstić information content (AvgIpc) is 2.72. The van der Waals surface area contributed by atoms with Crippen LogP contribution in [0.1, 0.15) is 51.9 Å². The molecule has 0 aromatic carbocycles. The van der Waals surface area contributed by atoms with E-state index in [4.69, 9.17) is 16.3 Å². The molecule has 100 valence electrons. The quantitative estimate of drug-likeness (QED) is 0.718. The van der Waals surface area contributed by atoms with Crippen LogP contribution in [-0.2, 0) is 4.74 Å². The highest BCUT2D eigenvalue weighted by Gasteiger charge is 2.40. The molecule has 0 amide bonds. The van der Waals surface area contributed by atoms with Gasteiger partial charge in [0, 0.05) is 18.5 Å². The lowest BCUT2D eigenvalue weighted by atomic mass is 9.83. The smallest absolute Gasteiger partial charge is 0.0710 e. The van der Waals surface area contributed by atoms with Crippen LogP contribution < -0.4 is 0 Å². The zero-order chi connectivity index (χ0) is 12.3. The third-order valence-corrected chi connectivity index (χ3v) is 5.02. The molecule has 2 nitrogen and oxygen atoms in total. The molecule has 17 heavy (non-hydrogen) atoms. The summed E-state index contributed by atoms with van der Waals surface area (Å²) in [5.74, 6) is 0.703. The summed E-state index contributed by atoms with van der Waals surface area (Å²) in [5.41, 5.74) is 0.258. The number of hydrogen-bond acceptors (Lipinski definition) is 2. The monoisotopic (exact) mass is 259 g/mol. The third kappa shape index (κ3) is 3.36. The maximum Gasteiger partial charge on any atom is 0.0710 e. The number of ether oxygens (including phenoxy) is 1. The SMILES string of the molecule is CC(CCl)N(C)CC1CCC2(CCCCC2)O1. The van der Waals surface area contributed by atoms with Crippen LogP contribution in [0.5, 0.6) is 0 Å². The summed E-state index contributed by atoms with van der Waals surface area (Å²) in [7, 11) is 2.16. The van der Waals surface area contributed by atoms with E-state index in [9.17, 15) is 0 Å². The van der Waals surface area contributed by atoms with Crippen LogP contribution >= 0.6 is 11.6 Å². The van der Waals surface area contributed by atoms with Gasteiger partial charge in [-0.2, -0.15) is 0 Å². The Morgan fingerprint density at radius 3 is 2.65 bits per heavy atom. The Balaban J connectivity index is 1.81. The van der Waals surface area contributed by atoms with Crippen molar-refractivity contribution in [1.82, 2.24) is 4.90 Å². The van der Waals surface area contributed by atoms with E-state index in [1.54, 1.807) is 0 Å². The van der Waals surface area contributed by atoms with Crippen LogP contribution in [0.25, 0.3) is 0 Å². The highest BCUT2D eigenvalue weighted by Crippen LogP contribution is 2.41. The molecule has 0 N–H and O–H groups in total. The minimum Gasteiger partial charge on any atom is -0.370 e. The van der Waals surface area contributed by atoms with Crippen molar-refractivity contribution in [3.63, 3.8) is 0 Å². The Morgan fingerprint density at radius 2 is 2.00 bits per heavy atom. The van der Waals surface area contributed by atoms with Gasteiger partial charge in [0.25, 0.3) is 0 Å². The van der Waals surface area contributed by atoms with E-state index in [1.807, 2.05) is 0 Å². The van der Waals surface area contributed by atoms with E-state index < -0.39 is 0 Å².